The second-order valence-electron chi connectivity index (χ2n) is 6.68. The molecule has 1 saturated heterocycles. The minimum absolute atomic E-state index is 0.0383. The number of methoxy groups -OCH3 is 1. The van der Waals surface area contributed by atoms with Crippen molar-refractivity contribution in [2.45, 2.75) is 26.9 Å². The lowest BCUT2D eigenvalue weighted by Gasteiger charge is -2.33. The molecule has 0 spiro atoms. The smallest absolute Gasteiger partial charge is 0.409 e. The van der Waals surface area contributed by atoms with Gasteiger partial charge in [0.15, 0.2) is 18.1 Å². The number of carbonyl (C=O) groups excluding carboxylic acids is 3. The topological polar surface area (TPSA) is 94.6 Å². The molecule has 0 atom stereocenters. The van der Waals surface area contributed by atoms with Crippen molar-refractivity contribution in [3.05, 3.63) is 23.8 Å². The third kappa shape index (κ3) is 6.27. The molecule has 0 radical (unpaired) electrons. The van der Waals surface area contributed by atoms with Crippen LogP contribution >= 0.6 is 0 Å². The van der Waals surface area contributed by atoms with Crippen molar-refractivity contribution in [2.75, 3.05) is 46.5 Å². The lowest BCUT2D eigenvalue weighted by Crippen LogP contribution is -2.51. The van der Waals surface area contributed by atoms with Crippen molar-refractivity contribution < 1.29 is 33.3 Å². The number of hydrogen-bond donors (Lipinski definition) is 0. The maximum atomic E-state index is 12.3. The molecule has 1 aliphatic heterocycles. The first kappa shape index (κ1) is 22.3. The van der Waals surface area contributed by atoms with Gasteiger partial charge in [-0.1, -0.05) is 0 Å². The normalized spacial score (nSPS) is 13.8. The quantitative estimate of drug-likeness (QED) is 0.636. The summed E-state index contributed by atoms with van der Waals surface area (Å²) in [5.41, 5.74) is 0.262. The van der Waals surface area contributed by atoms with Gasteiger partial charge in [-0.2, -0.15) is 0 Å². The van der Waals surface area contributed by atoms with E-state index in [0.717, 1.165) is 0 Å². The highest BCUT2D eigenvalue weighted by atomic mass is 16.6. The molecule has 9 nitrogen and oxygen atoms in total. The number of ether oxygens (including phenoxy) is 4. The fourth-order valence-electron chi connectivity index (χ4n) is 2.80. The van der Waals surface area contributed by atoms with E-state index in [1.807, 2.05) is 13.8 Å². The summed E-state index contributed by atoms with van der Waals surface area (Å²) < 4.78 is 21.0. The summed E-state index contributed by atoms with van der Waals surface area (Å²) in [6.45, 7) is 6.95. The van der Waals surface area contributed by atoms with E-state index in [0.29, 0.717) is 44.3 Å². The monoisotopic (exact) mass is 408 g/mol. The van der Waals surface area contributed by atoms with E-state index in [4.69, 9.17) is 18.9 Å². The number of carbonyl (C=O) groups is 3. The van der Waals surface area contributed by atoms with Crippen LogP contribution in [0.5, 0.6) is 11.5 Å². The molecule has 0 N–H and O–H groups in total. The molecule has 1 fully saturated rings. The number of hydrogen-bond acceptors (Lipinski definition) is 7. The largest absolute Gasteiger partial charge is 0.493 e. The van der Waals surface area contributed by atoms with Gasteiger partial charge in [0.05, 0.1) is 25.4 Å². The van der Waals surface area contributed by atoms with E-state index in [2.05, 4.69) is 0 Å². The summed E-state index contributed by atoms with van der Waals surface area (Å²) in [5, 5.41) is 0. The van der Waals surface area contributed by atoms with Crippen LogP contribution < -0.4 is 9.47 Å². The Balaban J connectivity index is 1.86. The predicted molar refractivity (Wildman–Crippen MR) is 104 cm³/mol. The predicted octanol–water partition coefficient (Wildman–Crippen LogP) is 1.94. The minimum Gasteiger partial charge on any atom is -0.493 e. The van der Waals surface area contributed by atoms with Crippen LogP contribution in [-0.2, 0) is 14.3 Å². The second kappa shape index (κ2) is 10.5. The van der Waals surface area contributed by atoms with Gasteiger partial charge in [0.2, 0.25) is 0 Å². The Morgan fingerprint density at radius 3 is 2.24 bits per heavy atom. The van der Waals surface area contributed by atoms with E-state index in [1.165, 1.54) is 13.2 Å². The summed E-state index contributed by atoms with van der Waals surface area (Å²) >= 11 is 0. The van der Waals surface area contributed by atoms with Crippen molar-refractivity contribution in [3.8, 4) is 11.5 Å². The van der Waals surface area contributed by atoms with Gasteiger partial charge in [0.25, 0.3) is 5.91 Å². The average molecular weight is 408 g/mol. The van der Waals surface area contributed by atoms with Crippen LogP contribution in [0.1, 0.15) is 31.1 Å². The lowest BCUT2D eigenvalue weighted by molar-refractivity contribution is -0.136. The highest BCUT2D eigenvalue weighted by molar-refractivity contribution is 5.92. The first-order chi connectivity index (χ1) is 13.8. The molecule has 1 heterocycles. The zero-order valence-electron chi connectivity index (χ0n) is 17.3. The summed E-state index contributed by atoms with van der Waals surface area (Å²) in [6, 6.07) is 4.71. The number of esters is 1. The molecule has 1 aromatic rings. The Kier molecular flexibility index (Phi) is 8.11. The van der Waals surface area contributed by atoms with Gasteiger partial charge in [-0.15, -0.1) is 0 Å². The number of piperazine rings is 1. The maximum Gasteiger partial charge on any atom is 0.409 e. The van der Waals surface area contributed by atoms with Gasteiger partial charge < -0.3 is 28.7 Å². The Labute approximate surface area is 170 Å². The van der Waals surface area contributed by atoms with Gasteiger partial charge in [-0.05, 0) is 39.0 Å². The maximum absolute atomic E-state index is 12.3. The fourth-order valence-corrected chi connectivity index (χ4v) is 2.80. The molecule has 0 aliphatic carbocycles. The Morgan fingerprint density at radius 1 is 1.00 bits per heavy atom. The first-order valence-electron chi connectivity index (χ1n) is 9.57. The van der Waals surface area contributed by atoms with Gasteiger partial charge in [-0.3, -0.25) is 4.79 Å². The molecule has 2 amide bonds. The van der Waals surface area contributed by atoms with Crippen LogP contribution in [0.2, 0.25) is 0 Å². The van der Waals surface area contributed by atoms with Crippen molar-refractivity contribution in [1.82, 2.24) is 9.80 Å². The molecule has 9 heteroatoms. The van der Waals surface area contributed by atoms with Gasteiger partial charge in [0, 0.05) is 26.2 Å². The highest BCUT2D eigenvalue weighted by Gasteiger charge is 2.25. The molecule has 2 rings (SSSR count). The summed E-state index contributed by atoms with van der Waals surface area (Å²) in [7, 11) is 1.48. The summed E-state index contributed by atoms with van der Waals surface area (Å²) in [5.74, 6) is -0.00403. The molecular weight excluding hydrogens is 380 g/mol. The molecule has 160 valence electrons. The molecule has 1 aromatic carbocycles. The van der Waals surface area contributed by atoms with E-state index in [9.17, 15) is 14.4 Å². The van der Waals surface area contributed by atoms with Crippen LogP contribution in [0.4, 0.5) is 4.79 Å². The van der Waals surface area contributed by atoms with Crippen molar-refractivity contribution in [1.29, 1.82) is 0 Å². The number of nitrogens with zero attached hydrogens (tertiary/aromatic N) is 2. The average Bonchev–Trinajstić information content (AvgIpc) is 2.71. The molecular formula is C20H28N2O7. The zero-order valence-corrected chi connectivity index (χ0v) is 17.3. The number of amides is 2. The van der Waals surface area contributed by atoms with Gasteiger partial charge in [0.1, 0.15) is 0 Å². The lowest BCUT2D eigenvalue weighted by atomic mass is 10.2. The molecule has 1 aliphatic rings. The Bertz CT molecular complexity index is 728. The molecule has 0 bridgehead atoms. The van der Waals surface area contributed by atoms with Crippen molar-refractivity contribution in [2.24, 2.45) is 0 Å². The standard InChI is InChI=1S/C20H28N2O7/c1-5-27-20(25)22-10-8-21(9-11-22)18(23)13-28-19(24)15-6-7-16(29-14(2)3)17(12-15)26-4/h6-7,12,14H,5,8-11,13H2,1-4H3. The van der Waals surface area contributed by atoms with E-state index >= 15 is 0 Å². The Morgan fingerprint density at radius 2 is 1.66 bits per heavy atom. The SMILES string of the molecule is CCOC(=O)N1CCN(C(=O)COC(=O)c2ccc(OC(C)C)c(OC)c2)CC1. The Hall–Kier alpha value is -2.97. The zero-order chi connectivity index (χ0) is 21.4. The van der Waals surface area contributed by atoms with Gasteiger partial charge in [-0.25, -0.2) is 9.59 Å². The molecule has 29 heavy (non-hydrogen) atoms. The van der Waals surface area contributed by atoms with E-state index in [-0.39, 0.29) is 30.3 Å². The number of rotatable bonds is 7. The van der Waals surface area contributed by atoms with Crippen LogP contribution in [-0.4, -0.2) is 80.4 Å². The van der Waals surface area contributed by atoms with E-state index in [1.54, 1.807) is 28.9 Å². The second-order valence-corrected chi connectivity index (χ2v) is 6.68. The summed E-state index contributed by atoms with van der Waals surface area (Å²) in [6.07, 6.45) is -0.423. The van der Waals surface area contributed by atoms with Crippen LogP contribution in [0.3, 0.4) is 0 Å². The number of benzene rings is 1. The molecule has 0 unspecified atom stereocenters. The molecule has 0 saturated carbocycles. The van der Waals surface area contributed by atoms with Crippen LogP contribution in [0.25, 0.3) is 0 Å². The van der Waals surface area contributed by atoms with Crippen LogP contribution in [0.15, 0.2) is 18.2 Å². The van der Waals surface area contributed by atoms with Crippen molar-refractivity contribution in [3.63, 3.8) is 0 Å². The van der Waals surface area contributed by atoms with Gasteiger partial charge >= 0.3 is 12.1 Å². The van der Waals surface area contributed by atoms with Crippen LogP contribution in [0, 0.1) is 0 Å². The first-order valence-corrected chi connectivity index (χ1v) is 9.57. The summed E-state index contributed by atoms with van der Waals surface area (Å²) in [4.78, 5) is 39.4. The minimum atomic E-state index is -0.627. The fraction of sp³-hybridized carbons (Fsp3) is 0.550. The van der Waals surface area contributed by atoms with Crippen molar-refractivity contribution >= 4 is 18.0 Å². The molecule has 0 aromatic heterocycles. The van der Waals surface area contributed by atoms with E-state index < -0.39 is 5.97 Å². The third-order valence-electron chi connectivity index (χ3n) is 4.25. The third-order valence-corrected chi connectivity index (χ3v) is 4.25. The highest BCUT2D eigenvalue weighted by Crippen LogP contribution is 2.29.